The summed E-state index contributed by atoms with van der Waals surface area (Å²) < 4.78 is 13.6. The van der Waals surface area contributed by atoms with E-state index >= 15 is 0 Å². The van der Waals surface area contributed by atoms with Crippen LogP contribution in [0.15, 0.2) is 78.9 Å². The monoisotopic (exact) mass is 331 g/mol. The van der Waals surface area contributed by atoms with Gasteiger partial charge in [-0.3, -0.25) is 14.5 Å². The van der Waals surface area contributed by atoms with Crippen molar-refractivity contribution in [3.05, 3.63) is 101 Å². The molecule has 0 saturated carbocycles. The van der Waals surface area contributed by atoms with Crippen molar-refractivity contribution in [2.75, 3.05) is 4.90 Å². The Morgan fingerprint density at radius 1 is 0.760 bits per heavy atom. The minimum atomic E-state index is -0.675. The van der Waals surface area contributed by atoms with Crippen LogP contribution in [-0.2, 0) is 4.79 Å². The van der Waals surface area contributed by atoms with Crippen LogP contribution in [0.4, 0.5) is 10.1 Å². The van der Waals surface area contributed by atoms with Gasteiger partial charge in [-0.2, -0.15) is 0 Å². The molecule has 4 rings (SSSR count). The first-order valence-corrected chi connectivity index (χ1v) is 7.94. The van der Waals surface area contributed by atoms with Crippen molar-refractivity contribution >= 4 is 17.4 Å². The van der Waals surface area contributed by atoms with Gasteiger partial charge < -0.3 is 0 Å². The molecule has 3 nitrogen and oxygen atoms in total. The number of carbonyl (C=O) groups is 2. The van der Waals surface area contributed by atoms with Gasteiger partial charge in [-0.25, -0.2) is 4.39 Å². The van der Waals surface area contributed by atoms with Crippen LogP contribution in [0, 0.1) is 5.82 Å². The minimum Gasteiger partial charge on any atom is -0.293 e. The number of halogens is 1. The van der Waals surface area contributed by atoms with Crippen LogP contribution in [0.5, 0.6) is 0 Å². The lowest BCUT2D eigenvalue weighted by Gasteiger charge is -2.29. The first-order valence-electron chi connectivity index (χ1n) is 7.94. The molecule has 0 bridgehead atoms. The smallest absolute Gasteiger partial charge is 0.293 e. The van der Waals surface area contributed by atoms with Crippen molar-refractivity contribution in [2.24, 2.45) is 0 Å². The zero-order valence-corrected chi connectivity index (χ0v) is 13.2. The molecule has 122 valence electrons. The summed E-state index contributed by atoms with van der Waals surface area (Å²) in [4.78, 5) is 26.5. The van der Waals surface area contributed by atoms with E-state index in [1.807, 2.05) is 60.7 Å². The molecule has 3 aromatic rings. The standard InChI is InChI=1S/C21H14FNO2/c22-16-11-12-18-17(13-16)20(24)21(25)23(18)19(14-7-3-1-4-8-14)15-9-5-2-6-10-15/h1-13,19H. The van der Waals surface area contributed by atoms with E-state index < -0.39 is 23.5 Å². The molecule has 3 aromatic carbocycles. The first kappa shape index (κ1) is 15.3. The Bertz CT molecular complexity index is 915. The van der Waals surface area contributed by atoms with E-state index in [0.717, 1.165) is 17.2 Å². The molecule has 4 heteroatoms. The van der Waals surface area contributed by atoms with Crippen LogP contribution in [0.25, 0.3) is 0 Å². The summed E-state index contributed by atoms with van der Waals surface area (Å²) in [6, 6.07) is 22.4. The number of fused-ring (bicyclic) bond motifs is 1. The highest BCUT2D eigenvalue weighted by Crippen LogP contribution is 2.39. The predicted octanol–water partition coefficient (Wildman–Crippen LogP) is 4.14. The second-order valence-electron chi connectivity index (χ2n) is 5.89. The lowest BCUT2D eigenvalue weighted by Crippen LogP contribution is -2.34. The Morgan fingerprint density at radius 2 is 1.32 bits per heavy atom. The van der Waals surface area contributed by atoms with Crippen LogP contribution in [-0.4, -0.2) is 11.7 Å². The molecule has 0 atom stereocenters. The zero-order valence-electron chi connectivity index (χ0n) is 13.2. The number of anilines is 1. The maximum absolute atomic E-state index is 13.6. The molecule has 25 heavy (non-hydrogen) atoms. The topological polar surface area (TPSA) is 37.4 Å². The van der Waals surface area contributed by atoms with E-state index in [-0.39, 0.29) is 5.56 Å². The number of hydrogen-bond acceptors (Lipinski definition) is 2. The molecule has 0 N–H and O–H groups in total. The molecule has 0 spiro atoms. The van der Waals surface area contributed by atoms with Gasteiger partial charge in [0.2, 0.25) is 0 Å². The van der Waals surface area contributed by atoms with Crippen molar-refractivity contribution < 1.29 is 14.0 Å². The van der Waals surface area contributed by atoms with Gasteiger partial charge in [-0.1, -0.05) is 60.7 Å². The highest BCUT2D eigenvalue weighted by Gasteiger charge is 2.41. The number of hydrogen-bond donors (Lipinski definition) is 0. The molecular formula is C21H14FNO2. The lowest BCUT2D eigenvalue weighted by molar-refractivity contribution is -0.114. The fraction of sp³-hybridized carbons (Fsp3) is 0.0476. The van der Waals surface area contributed by atoms with Crippen molar-refractivity contribution in [1.82, 2.24) is 0 Å². The lowest BCUT2D eigenvalue weighted by atomic mass is 9.97. The van der Waals surface area contributed by atoms with E-state index in [0.29, 0.717) is 5.69 Å². The number of amides is 1. The number of carbonyl (C=O) groups excluding carboxylic acids is 2. The van der Waals surface area contributed by atoms with Gasteiger partial charge in [0.05, 0.1) is 17.3 Å². The summed E-state index contributed by atoms with van der Waals surface area (Å²) in [5.41, 5.74) is 2.31. The van der Waals surface area contributed by atoms with Crippen LogP contribution < -0.4 is 4.90 Å². The number of rotatable bonds is 3. The highest BCUT2D eigenvalue weighted by atomic mass is 19.1. The van der Waals surface area contributed by atoms with Crippen molar-refractivity contribution in [3.63, 3.8) is 0 Å². The largest absolute Gasteiger partial charge is 0.300 e. The van der Waals surface area contributed by atoms with Gasteiger partial charge in [0, 0.05) is 0 Å². The number of benzene rings is 3. The number of nitrogens with zero attached hydrogens (tertiary/aromatic N) is 1. The summed E-state index contributed by atoms with van der Waals surface area (Å²) in [5.74, 6) is -1.85. The molecule has 1 heterocycles. The Kier molecular flexibility index (Phi) is 3.65. The van der Waals surface area contributed by atoms with Gasteiger partial charge in [-0.05, 0) is 29.3 Å². The quantitative estimate of drug-likeness (QED) is 0.676. The van der Waals surface area contributed by atoms with Gasteiger partial charge in [0.25, 0.3) is 11.7 Å². The molecule has 0 unspecified atom stereocenters. The normalized spacial score (nSPS) is 13.4. The molecule has 0 radical (unpaired) electrons. The highest BCUT2D eigenvalue weighted by molar-refractivity contribution is 6.52. The third-order valence-corrected chi connectivity index (χ3v) is 4.36. The van der Waals surface area contributed by atoms with Crippen molar-refractivity contribution in [2.45, 2.75) is 6.04 Å². The Balaban J connectivity index is 1.92. The Hall–Kier alpha value is -3.27. The second kappa shape index (κ2) is 5.98. The summed E-state index contributed by atoms with van der Waals surface area (Å²) in [6.07, 6.45) is 0. The molecule has 1 amide bonds. The summed E-state index contributed by atoms with van der Waals surface area (Å²) in [6.45, 7) is 0. The van der Waals surface area contributed by atoms with Gasteiger partial charge in [-0.15, -0.1) is 0 Å². The maximum Gasteiger partial charge on any atom is 0.300 e. The molecular weight excluding hydrogens is 317 g/mol. The maximum atomic E-state index is 13.6. The summed E-state index contributed by atoms with van der Waals surface area (Å²) in [7, 11) is 0. The predicted molar refractivity (Wildman–Crippen MR) is 92.9 cm³/mol. The van der Waals surface area contributed by atoms with Crippen LogP contribution >= 0.6 is 0 Å². The molecule has 1 aliphatic rings. The van der Waals surface area contributed by atoms with Crippen molar-refractivity contribution in [1.29, 1.82) is 0 Å². The van der Waals surface area contributed by atoms with E-state index in [4.69, 9.17) is 0 Å². The van der Waals surface area contributed by atoms with Gasteiger partial charge in [0.1, 0.15) is 5.82 Å². The average Bonchev–Trinajstić information content (AvgIpc) is 2.89. The number of Topliss-reactive ketones (excluding diaryl/α,β-unsaturated/α-hetero) is 1. The van der Waals surface area contributed by atoms with Crippen LogP contribution in [0.3, 0.4) is 0 Å². The third kappa shape index (κ3) is 2.52. The molecule has 0 aromatic heterocycles. The number of ketones is 1. The van der Waals surface area contributed by atoms with E-state index in [1.54, 1.807) is 0 Å². The van der Waals surface area contributed by atoms with Gasteiger partial charge >= 0.3 is 0 Å². The summed E-state index contributed by atoms with van der Waals surface area (Å²) >= 11 is 0. The molecule has 0 fully saturated rings. The zero-order chi connectivity index (χ0) is 17.4. The first-order chi connectivity index (χ1) is 12.2. The fourth-order valence-corrected chi connectivity index (χ4v) is 3.25. The third-order valence-electron chi connectivity index (χ3n) is 4.36. The van der Waals surface area contributed by atoms with Crippen LogP contribution in [0.1, 0.15) is 27.5 Å². The van der Waals surface area contributed by atoms with Gasteiger partial charge in [0.15, 0.2) is 0 Å². The SMILES string of the molecule is O=C1C(=O)N(C(c2ccccc2)c2ccccc2)c2ccc(F)cc21. The minimum absolute atomic E-state index is 0.113. The Labute approximate surface area is 144 Å². The fourth-order valence-electron chi connectivity index (χ4n) is 3.25. The molecule has 0 aliphatic carbocycles. The van der Waals surface area contributed by atoms with Crippen LogP contribution in [0.2, 0.25) is 0 Å². The summed E-state index contributed by atoms with van der Waals surface area (Å²) in [5, 5.41) is 0. The van der Waals surface area contributed by atoms with E-state index in [1.165, 1.54) is 17.0 Å². The molecule has 0 saturated heterocycles. The average molecular weight is 331 g/mol. The molecule has 1 aliphatic heterocycles. The Morgan fingerprint density at radius 3 is 1.88 bits per heavy atom. The second-order valence-corrected chi connectivity index (χ2v) is 5.89. The van der Waals surface area contributed by atoms with E-state index in [9.17, 15) is 14.0 Å². The van der Waals surface area contributed by atoms with E-state index in [2.05, 4.69) is 0 Å². The van der Waals surface area contributed by atoms with Crippen molar-refractivity contribution in [3.8, 4) is 0 Å².